The summed E-state index contributed by atoms with van der Waals surface area (Å²) in [6.45, 7) is 3.43. The third-order valence-corrected chi connectivity index (χ3v) is 3.82. The van der Waals surface area contributed by atoms with Crippen LogP contribution in [-0.4, -0.2) is 48.3 Å². The molecular weight excluding hydrogens is 313 g/mol. The van der Waals surface area contributed by atoms with E-state index >= 15 is 0 Å². The molecule has 1 saturated heterocycles. The maximum absolute atomic E-state index is 12.8. The van der Waals surface area contributed by atoms with Crippen LogP contribution in [0.2, 0.25) is 0 Å². The van der Waals surface area contributed by atoms with E-state index in [2.05, 4.69) is 10.6 Å². The molecule has 3 amide bonds. The van der Waals surface area contributed by atoms with Gasteiger partial charge in [0, 0.05) is 38.0 Å². The number of carbonyl (C=O) groups excluding carboxylic acids is 3. The molecule has 24 heavy (non-hydrogen) atoms. The Morgan fingerprint density at radius 3 is 2.67 bits per heavy atom. The molecule has 6 nitrogen and oxygen atoms in total. The van der Waals surface area contributed by atoms with Gasteiger partial charge in [-0.3, -0.25) is 14.4 Å². The Morgan fingerprint density at radius 1 is 1.29 bits per heavy atom. The Kier molecular flexibility index (Phi) is 6.28. The minimum absolute atomic E-state index is 0.0618. The predicted octanol–water partition coefficient (Wildman–Crippen LogP) is 1.07. The number of rotatable bonds is 7. The van der Waals surface area contributed by atoms with Gasteiger partial charge in [-0.25, -0.2) is 4.39 Å². The largest absolute Gasteiger partial charge is 0.352 e. The molecule has 7 heteroatoms. The lowest BCUT2D eigenvalue weighted by molar-refractivity contribution is -0.127. The number of amides is 3. The Hall–Kier alpha value is -2.44. The molecular formula is C17H22FN3O3. The average molecular weight is 335 g/mol. The van der Waals surface area contributed by atoms with Crippen molar-refractivity contribution in [2.45, 2.75) is 32.2 Å². The van der Waals surface area contributed by atoms with Gasteiger partial charge < -0.3 is 15.5 Å². The van der Waals surface area contributed by atoms with E-state index < -0.39 is 5.82 Å². The quantitative estimate of drug-likeness (QED) is 0.782. The lowest BCUT2D eigenvalue weighted by Crippen LogP contribution is -2.39. The molecule has 1 aliphatic rings. The summed E-state index contributed by atoms with van der Waals surface area (Å²) in [6, 6.07) is 5.03. The smallest absolute Gasteiger partial charge is 0.251 e. The van der Waals surface area contributed by atoms with Crippen LogP contribution in [0.4, 0.5) is 4.39 Å². The molecule has 1 atom stereocenters. The molecule has 1 fully saturated rings. The van der Waals surface area contributed by atoms with Gasteiger partial charge in [0.15, 0.2) is 0 Å². The Bertz CT molecular complexity index is 604. The van der Waals surface area contributed by atoms with Gasteiger partial charge in [-0.2, -0.15) is 0 Å². The fourth-order valence-electron chi connectivity index (χ4n) is 2.65. The molecule has 0 aliphatic carbocycles. The number of carbonyl (C=O) groups is 3. The van der Waals surface area contributed by atoms with Gasteiger partial charge in [0.25, 0.3) is 5.91 Å². The first-order valence-corrected chi connectivity index (χ1v) is 8.10. The van der Waals surface area contributed by atoms with Gasteiger partial charge in [-0.1, -0.05) is 6.92 Å². The third-order valence-electron chi connectivity index (χ3n) is 3.82. The summed E-state index contributed by atoms with van der Waals surface area (Å²) in [6.07, 6.45) is 1.35. The van der Waals surface area contributed by atoms with Crippen LogP contribution in [0.25, 0.3) is 0 Å². The molecule has 1 heterocycles. The zero-order chi connectivity index (χ0) is 17.5. The monoisotopic (exact) mass is 335 g/mol. The van der Waals surface area contributed by atoms with Crippen molar-refractivity contribution in [1.82, 2.24) is 15.5 Å². The maximum atomic E-state index is 12.8. The topological polar surface area (TPSA) is 78.5 Å². The van der Waals surface area contributed by atoms with Crippen LogP contribution in [-0.2, 0) is 9.59 Å². The Balaban J connectivity index is 1.69. The van der Waals surface area contributed by atoms with Crippen LogP contribution in [0, 0.1) is 5.82 Å². The van der Waals surface area contributed by atoms with Crippen molar-refractivity contribution >= 4 is 17.7 Å². The summed E-state index contributed by atoms with van der Waals surface area (Å²) in [5.74, 6) is -0.903. The fraction of sp³-hybridized carbons (Fsp3) is 0.471. The minimum Gasteiger partial charge on any atom is -0.352 e. The van der Waals surface area contributed by atoms with E-state index in [-0.39, 0.29) is 36.7 Å². The number of benzene rings is 1. The number of halogens is 1. The molecule has 1 aromatic carbocycles. The Morgan fingerprint density at radius 2 is 2.00 bits per heavy atom. The summed E-state index contributed by atoms with van der Waals surface area (Å²) in [4.78, 5) is 37.2. The van der Waals surface area contributed by atoms with Crippen molar-refractivity contribution in [3.05, 3.63) is 35.6 Å². The standard InChI is InChI=1S/C17H22FN3O3/c1-2-9-21-11-14(10-16(21)23)20-15(22)7-8-19-17(24)12-3-5-13(18)6-4-12/h3-6,14H,2,7-11H2,1H3,(H,19,24)(H,20,22)/t14-/m1/s1. The van der Waals surface area contributed by atoms with Gasteiger partial charge in [-0.15, -0.1) is 0 Å². The molecule has 0 radical (unpaired) electrons. The van der Waals surface area contributed by atoms with Crippen molar-refractivity contribution in [1.29, 1.82) is 0 Å². The van der Waals surface area contributed by atoms with Crippen molar-refractivity contribution < 1.29 is 18.8 Å². The van der Waals surface area contributed by atoms with E-state index in [1.807, 2.05) is 6.92 Å². The highest BCUT2D eigenvalue weighted by Crippen LogP contribution is 2.11. The summed E-state index contributed by atoms with van der Waals surface area (Å²) in [5.41, 5.74) is 0.341. The van der Waals surface area contributed by atoms with Crippen molar-refractivity contribution in [3.8, 4) is 0 Å². The first-order valence-electron chi connectivity index (χ1n) is 8.10. The van der Waals surface area contributed by atoms with E-state index in [1.54, 1.807) is 4.90 Å². The summed E-state index contributed by atoms with van der Waals surface area (Å²) < 4.78 is 12.8. The van der Waals surface area contributed by atoms with Crippen LogP contribution < -0.4 is 10.6 Å². The van der Waals surface area contributed by atoms with Gasteiger partial charge in [0.1, 0.15) is 5.82 Å². The van der Waals surface area contributed by atoms with E-state index in [0.717, 1.165) is 6.42 Å². The molecule has 1 aromatic rings. The molecule has 2 rings (SSSR count). The van der Waals surface area contributed by atoms with E-state index in [0.29, 0.717) is 25.1 Å². The molecule has 0 spiro atoms. The highest BCUT2D eigenvalue weighted by Gasteiger charge is 2.29. The molecule has 0 aromatic heterocycles. The third kappa shape index (κ3) is 5.04. The van der Waals surface area contributed by atoms with Crippen molar-refractivity contribution in [2.24, 2.45) is 0 Å². The minimum atomic E-state index is -0.408. The number of nitrogens with zero attached hydrogens (tertiary/aromatic N) is 1. The number of likely N-dealkylation sites (tertiary alicyclic amines) is 1. The molecule has 0 bridgehead atoms. The number of nitrogens with one attached hydrogen (secondary N) is 2. The van der Waals surface area contributed by atoms with Crippen LogP contribution in [0.15, 0.2) is 24.3 Å². The molecule has 0 unspecified atom stereocenters. The first-order chi connectivity index (χ1) is 11.5. The zero-order valence-corrected chi connectivity index (χ0v) is 13.7. The molecule has 2 N–H and O–H groups in total. The SMILES string of the molecule is CCCN1C[C@H](NC(=O)CCNC(=O)c2ccc(F)cc2)CC1=O. The molecule has 130 valence electrons. The lowest BCUT2D eigenvalue weighted by Gasteiger charge is -2.16. The van der Waals surface area contributed by atoms with E-state index in [1.165, 1.54) is 24.3 Å². The fourth-order valence-corrected chi connectivity index (χ4v) is 2.65. The van der Waals surface area contributed by atoms with E-state index in [4.69, 9.17) is 0 Å². The highest BCUT2D eigenvalue weighted by molar-refractivity contribution is 5.94. The lowest BCUT2D eigenvalue weighted by atomic mass is 10.2. The average Bonchev–Trinajstić information content (AvgIpc) is 2.87. The van der Waals surface area contributed by atoms with Crippen LogP contribution in [0.5, 0.6) is 0 Å². The van der Waals surface area contributed by atoms with E-state index in [9.17, 15) is 18.8 Å². The van der Waals surface area contributed by atoms with Gasteiger partial charge in [0.05, 0.1) is 6.04 Å². The molecule has 0 saturated carbocycles. The van der Waals surface area contributed by atoms with Crippen molar-refractivity contribution in [2.75, 3.05) is 19.6 Å². The van der Waals surface area contributed by atoms with Crippen LogP contribution in [0.1, 0.15) is 36.5 Å². The summed E-state index contributed by atoms with van der Waals surface area (Å²) in [5, 5.41) is 5.43. The summed E-state index contributed by atoms with van der Waals surface area (Å²) in [7, 11) is 0. The van der Waals surface area contributed by atoms with Crippen molar-refractivity contribution in [3.63, 3.8) is 0 Å². The van der Waals surface area contributed by atoms with Crippen LogP contribution >= 0.6 is 0 Å². The first kappa shape index (κ1) is 17.9. The van der Waals surface area contributed by atoms with Gasteiger partial charge in [-0.05, 0) is 30.7 Å². The number of hydrogen-bond donors (Lipinski definition) is 2. The zero-order valence-electron chi connectivity index (χ0n) is 13.7. The second-order valence-electron chi connectivity index (χ2n) is 5.82. The summed E-state index contributed by atoms with van der Waals surface area (Å²) >= 11 is 0. The highest BCUT2D eigenvalue weighted by atomic mass is 19.1. The van der Waals surface area contributed by atoms with Gasteiger partial charge >= 0.3 is 0 Å². The Labute approximate surface area is 140 Å². The normalized spacial score (nSPS) is 17.0. The van der Waals surface area contributed by atoms with Gasteiger partial charge in [0.2, 0.25) is 11.8 Å². The second kappa shape index (κ2) is 8.42. The predicted molar refractivity (Wildman–Crippen MR) is 86.8 cm³/mol. The number of hydrogen-bond acceptors (Lipinski definition) is 3. The second-order valence-corrected chi connectivity index (χ2v) is 5.82. The molecule has 1 aliphatic heterocycles. The maximum Gasteiger partial charge on any atom is 0.251 e. The van der Waals surface area contributed by atoms with Crippen LogP contribution in [0.3, 0.4) is 0 Å².